The van der Waals surface area contributed by atoms with Crippen molar-refractivity contribution in [2.45, 2.75) is 58.1 Å². The van der Waals surface area contributed by atoms with E-state index < -0.39 is 48.6 Å². The van der Waals surface area contributed by atoms with Gasteiger partial charge in [-0.05, 0) is 5.56 Å². The van der Waals surface area contributed by atoms with Crippen LogP contribution < -0.4 is 0 Å². The molecule has 9 nitrogen and oxygen atoms in total. The van der Waals surface area contributed by atoms with Crippen LogP contribution in [-0.2, 0) is 44.7 Å². The number of benzene rings is 1. The number of hydrogen-bond donors (Lipinski definition) is 1. The number of hydrogen-bond acceptors (Lipinski definition) is 9. The largest absolute Gasteiger partial charge is 0.456 e. The van der Waals surface area contributed by atoms with Gasteiger partial charge in [-0.15, -0.1) is 0 Å². The van der Waals surface area contributed by atoms with Crippen molar-refractivity contribution in [3.8, 4) is 0 Å². The lowest BCUT2D eigenvalue weighted by molar-refractivity contribution is -0.297. The van der Waals surface area contributed by atoms with Gasteiger partial charge in [0.15, 0.2) is 24.6 Å². The van der Waals surface area contributed by atoms with Crippen LogP contribution in [0.2, 0.25) is 0 Å². The second kappa shape index (κ2) is 10.2. The van der Waals surface area contributed by atoms with Crippen molar-refractivity contribution in [2.75, 3.05) is 6.61 Å². The van der Waals surface area contributed by atoms with E-state index in [0.717, 1.165) is 19.4 Å². The Morgan fingerprint density at radius 1 is 0.893 bits per heavy atom. The Morgan fingerprint density at radius 3 is 2.00 bits per heavy atom. The molecule has 1 fully saturated rings. The molecule has 1 N–H and O–H groups in total. The molecule has 5 atom stereocenters. The summed E-state index contributed by atoms with van der Waals surface area (Å²) in [7, 11) is 0. The third-order valence-corrected chi connectivity index (χ3v) is 3.91. The van der Waals surface area contributed by atoms with Gasteiger partial charge in [0.05, 0.1) is 13.2 Å². The van der Waals surface area contributed by atoms with Gasteiger partial charge in [0.25, 0.3) is 0 Å². The van der Waals surface area contributed by atoms with E-state index in [1.165, 1.54) is 6.92 Å². The third kappa shape index (κ3) is 6.29. The molecule has 1 aliphatic rings. The van der Waals surface area contributed by atoms with Crippen molar-refractivity contribution in [3.05, 3.63) is 35.9 Å². The lowest BCUT2D eigenvalue weighted by atomic mass is 9.98. The van der Waals surface area contributed by atoms with E-state index in [0.29, 0.717) is 0 Å². The van der Waals surface area contributed by atoms with Crippen LogP contribution in [0, 0.1) is 0 Å². The number of esters is 3. The highest BCUT2D eigenvalue weighted by atomic mass is 16.7. The molecule has 0 aliphatic carbocycles. The van der Waals surface area contributed by atoms with Crippen LogP contribution in [0.3, 0.4) is 0 Å². The molecule has 0 radical (unpaired) electrons. The van der Waals surface area contributed by atoms with E-state index in [9.17, 15) is 19.5 Å². The summed E-state index contributed by atoms with van der Waals surface area (Å²) in [5.41, 5.74) is 0.914. The predicted octanol–water partition coefficient (Wildman–Crippen LogP) is 0.715. The molecule has 1 aromatic carbocycles. The van der Waals surface area contributed by atoms with Crippen LogP contribution in [0.4, 0.5) is 0 Å². The van der Waals surface area contributed by atoms with Gasteiger partial charge >= 0.3 is 17.9 Å². The SMILES string of the molecule is CC(=O)O[C@@H]1[C@H](OC(C)=O)[C@@H](O)O[C@H](COCc2ccccc2)[C@H]1OC(C)=O. The van der Waals surface area contributed by atoms with Crippen LogP contribution in [0.1, 0.15) is 26.3 Å². The first-order valence-corrected chi connectivity index (χ1v) is 8.74. The normalized spacial score (nSPS) is 26.9. The summed E-state index contributed by atoms with van der Waals surface area (Å²) < 4.78 is 26.5. The fourth-order valence-electron chi connectivity index (χ4n) is 2.87. The lowest BCUT2D eigenvalue weighted by Crippen LogP contribution is -2.62. The average Bonchev–Trinajstić information content (AvgIpc) is 2.61. The molecular formula is C19H24O9. The molecule has 0 saturated carbocycles. The van der Waals surface area contributed by atoms with Gasteiger partial charge in [-0.3, -0.25) is 14.4 Å². The number of rotatable bonds is 7. The standard InChI is InChI=1S/C19H24O9/c1-11(20)25-16-15(10-24-9-14-7-5-4-6-8-14)28-19(23)18(27-13(3)22)17(16)26-12(2)21/h4-8,15-19,23H,9-10H2,1-3H3/t15-,16-,17+,18+,19+/m1/s1. The van der Waals surface area contributed by atoms with Crippen molar-refractivity contribution in [2.24, 2.45) is 0 Å². The number of ether oxygens (including phenoxy) is 5. The number of carbonyl (C=O) groups excluding carboxylic acids is 3. The van der Waals surface area contributed by atoms with Crippen molar-refractivity contribution in [1.82, 2.24) is 0 Å². The zero-order chi connectivity index (χ0) is 20.7. The summed E-state index contributed by atoms with van der Waals surface area (Å²) >= 11 is 0. The highest BCUT2D eigenvalue weighted by Crippen LogP contribution is 2.28. The van der Waals surface area contributed by atoms with Crippen LogP contribution in [0.25, 0.3) is 0 Å². The smallest absolute Gasteiger partial charge is 0.303 e. The molecule has 2 rings (SSSR count). The third-order valence-electron chi connectivity index (χ3n) is 3.91. The molecule has 0 amide bonds. The van der Waals surface area contributed by atoms with E-state index in [1.807, 2.05) is 30.3 Å². The molecule has 0 bridgehead atoms. The summed E-state index contributed by atoms with van der Waals surface area (Å²) in [6.07, 6.45) is -6.27. The first-order valence-electron chi connectivity index (χ1n) is 8.74. The molecule has 0 spiro atoms. The maximum atomic E-state index is 11.6. The van der Waals surface area contributed by atoms with E-state index in [-0.39, 0.29) is 13.2 Å². The summed E-state index contributed by atoms with van der Waals surface area (Å²) in [4.78, 5) is 34.5. The molecule has 0 unspecified atom stereocenters. The second-order valence-electron chi connectivity index (χ2n) is 6.29. The minimum atomic E-state index is -1.59. The van der Waals surface area contributed by atoms with Gasteiger partial charge in [0, 0.05) is 20.8 Å². The lowest BCUT2D eigenvalue weighted by Gasteiger charge is -2.42. The molecule has 9 heteroatoms. The van der Waals surface area contributed by atoms with E-state index in [1.54, 1.807) is 0 Å². The zero-order valence-corrected chi connectivity index (χ0v) is 15.9. The summed E-state index contributed by atoms with van der Waals surface area (Å²) in [5.74, 6) is -2.07. The molecule has 1 aromatic rings. The van der Waals surface area contributed by atoms with Gasteiger partial charge in [-0.1, -0.05) is 30.3 Å². The highest BCUT2D eigenvalue weighted by molar-refractivity contribution is 5.68. The Morgan fingerprint density at radius 2 is 1.43 bits per heavy atom. The molecular weight excluding hydrogens is 372 g/mol. The highest BCUT2D eigenvalue weighted by Gasteiger charge is 2.51. The molecule has 1 heterocycles. The van der Waals surface area contributed by atoms with Crippen molar-refractivity contribution in [1.29, 1.82) is 0 Å². The minimum Gasteiger partial charge on any atom is -0.456 e. The minimum absolute atomic E-state index is 0.0611. The van der Waals surface area contributed by atoms with Gasteiger partial charge in [-0.2, -0.15) is 0 Å². The quantitative estimate of drug-likeness (QED) is 0.525. The average molecular weight is 396 g/mol. The first kappa shape index (κ1) is 21.8. The molecule has 28 heavy (non-hydrogen) atoms. The Kier molecular flexibility index (Phi) is 7.91. The summed E-state index contributed by atoms with van der Waals surface area (Å²) in [5, 5.41) is 10.3. The Bertz CT molecular complexity index is 675. The van der Waals surface area contributed by atoms with Crippen molar-refractivity contribution in [3.63, 3.8) is 0 Å². The number of aliphatic hydroxyl groups excluding tert-OH is 1. The Hall–Kier alpha value is -2.49. The molecule has 1 saturated heterocycles. The summed E-state index contributed by atoms with van der Waals surface area (Å²) in [6, 6.07) is 9.35. The van der Waals surface area contributed by atoms with Crippen LogP contribution in [-0.4, -0.2) is 60.3 Å². The van der Waals surface area contributed by atoms with Gasteiger partial charge in [0.2, 0.25) is 0 Å². The molecule has 154 valence electrons. The second-order valence-corrected chi connectivity index (χ2v) is 6.29. The topological polar surface area (TPSA) is 118 Å². The van der Waals surface area contributed by atoms with E-state index in [2.05, 4.69) is 0 Å². The van der Waals surface area contributed by atoms with Gasteiger partial charge in [0.1, 0.15) is 6.10 Å². The van der Waals surface area contributed by atoms with Crippen molar-refractivity contribution >= 4 is 17.9 Å². The fraction of sp³-hybridized carbons (Fsp3) is 0.526. The number of aliphatic hydroxyl groups is 1. The first-order chi connectivity index (χ1) is 13.3. The van der Waals surface area contributed by atoms with Gasteiger partial charge in [-0.25, -0.2) is 0 Å². The van der Waals surface area contributed by atoms with E-state index in [4.69, 9.17) is 23.7 Å². The Balaban J connectivity index is 2.16. The van der Waals surface area contributed by atoms with Crippen LogP contribution in [0.5, 0.6) is 0 Å². The maximum absolute atomic E-state index is 11.6. The maximum Gasteiger partial charge on any atom is 0.303 e. The number of carbonyl (C=O) groups is 3. The molecule has 0 aromatic heterocycles. The Labute approximate surface area is 162 Å². The van der Waals surface area contributed by atoms with E-state index >= 15 is 0 Å². The fourth-order valence-corrected chi connectivity index (χ4v) is 2.87. The zero-order valence-electron chi connectivity index (χ0n) is 15.9. The molecule has 1 aliphatic heterocycles. The van der Waals surface area contributed by atoms with Crippen molar-refractivity contribution < 1.29 is 43.2 Å². The van der Waals surface area contributed by atoms with Gasteiger partial charge < -0.3 is 28.8 Å². The summed E-state index contributed by atoms with van der Waals surface area (Å²) in [6.45, 7) is 3.66. The predicted molar refractivity (Wildman–Crippen MR) is 93.6 cm³/mol. The van der Waals surface area contributed by atoms with Crippen LogP contribution in [0.15, 0.2) is 30.3 Å². The monoisotopic (exact) mass is 396 g/mol. The van der Waals surface area contributed by atoms with Crippen LogP contribution >= 0.6 is 0 Å².